The number of hydrogen-bond donors (Lipinski definition) is 1. The molecule has 2 aromatic rings. The van der Waals surface area contributed by atoms with Crippen molar-refractivity contribution in [3.63, 3.8) is 0 Å². The maximum atomic E-state index is 14.5. The molecule has 2 aromatic carbocycles. The molecule has 0 heterocycles. The summed E-state index contributed by atoms with van der Waals surface area (Å²) in [4.78, 5) is 10.9. The molecule has 3 heteroatoms. The van der Waals surface area contributed by atoms with Crippen molar-refractivity contribution in [3.05, 3.63) is 59.4 Å². The predicted molar refractivity (Wildman–Crippen MR) is 89.2 cm³/mol. The van der Waals surface area contributed by atoms with E-state index in [0.717, 1.165) is 24.3 Å². The fourth-order valence-electron chi connectivity index (χ4n) is 3.41. The Morgan fingerprint density at radius 2 is 1.70 bits per heavy atom. The first-order valence-electron chi connectivity index (χ1n) is 8.18. The van der Waals surface area contributed by atoms with E-state index in [-0.39, 0.29) is 11.4 Å². The van der Waals surface area contributed by atoms with Gasteiger partial charge in [0.15, 0.2) is 0 Å². The molecule has 3 rings (SSSR count). The molecule has 0 saturated heterocycles. The molecule has 2 nitrogen and oxygen atoms in total. The van der Waals surface area contributed by atoms with Gasteiger partial charge in [-0.15, -0.1) is 0 Å². The summed E-state index contributed by atoms with van der Waals surface area (Å²) in [5, 5.41) is 8.93. The number of carboxylic acids is 1. The first-order chi connectivity index (χ1) is 11.0. The van der Waals surface area contributed by atoms with Gasteiger partial charge in [0, 0.05) is 5.56 Å². The van der Waals surface area contributed by atoms with Crippen LogP contribution in [0.4, 0.5) is 4.39 Å². The average Bonchev–Trinajstić information content (AvgIpc) is 2.55. The van der Waals surface area contributed by atoms with Crippen LogP contribution in [-0.2, 0) is 0 Å². The summed E-state index contributed by atoms with van der Waals surface area (Å²) in [6, 6.07) is 11.8. The molecule has 0 aliphatic heterocycles. The van der Waals surface area contributed by atoms with Crippen LogP contribution in [0.2, 0.25) is 0 Å². The lowest BCUT2D eigenvalue weighted by Crippen LogP contribution is -2.11. The van der Waals surface area contributed by atoms with Crippen LogP contribution in [0.5, 0.6) is 0 Å². The fraction of sp³-hybridized carbons (Fsp3) is 0.350. The second-order valence-electron chi connectivity index (χ2n) is 6.58. The number of hydrogen-bond acceptors (Lipinski definition) is 1. The first-order valence-corrected chi connectivity index (χ1v) is 8.18. The molecule has 0 radical (unpaired) electrons. The van der Waals surface area contributed by atoms with Crippen LogP contribution in [0.15, 0.2) is 42.5 Å². The number of benzene rings is 2. The number of carbonyl (C=O) groups is 1. The largest absolute Gasteiger partial charge is 0.478 e. The van der Waals surface area contributed by atoms with Gasteiger partial charge in [0.25, 0.3) is 0 Å². The average molecular weight is 312 g/mol. The topological polar surface area (TPSA) is 37.3 Å². The van der Waals surface area contributed by atoms with Gasteiger partial charge in [-0.25, -0.2) is 9.18 Å². The normalized spacial score (nSPS) is 21.1. The highest BCUT2D eigenvalue weighted by atomic mass is 19.1. The third kappa shape index (κ3) is 3.44. The third-order valence-corrected chi connectivity index (χ3v) is 4.92. The summed E-state index contributed by atoms with van der Waals surface area (Å²) in [6.45, 7) is 2.28. The smallest absolute Gasteiger partial charge is 0.335 e. The van der Waals surface area contributed by atoms with Gasteiger partial charge in [-0.1, -0.05) is 44.0 Å². The second-order valence-corrected chi connectivity index (χ2v) is 6.58. The SMILES string of the molecule is CC1CCC(c2ccc(-c3ccc(C(=O)O)cc3)c(F)c2)CC1. The van der Waals surface area contributed by atoms with E-state index in [2.05, 4.69) is 6.92 Å². The lowest BCUT2D eigenvalue weighted by atomic mass is 9.79. The highest BCUT2D eigenvalue weighted by molar-refractivity contribution is 5.88. The van der Waals surface area contributed by atoms with Gasteiger partial charge in [0.05, 0.1) is 5.56 Å². The Labute approximate surface area is 136 Å². The van der Waals surface area contributed by atoms with E-state index in [9.17, 15) is 9.18 Å². The van der Waals surface area contributed by atoms with Crippen LogP contribution in [-0.4, -0.2) is 11.1 Å². The summed E-state index contributed by atoms with van der Waals surface area (Å²) >= 11 is 0. The summed E-state index contributed by atoms with van der Waals surface area (Å²) in [7, 11) is 0. The molecule has 1 aliphatic rings. The Morgan fingerprint density at radius 1 is 1.04 bits per heavy atom. The fourth-order valence-corrected chi connectivity index (χ4v) is 3.41. The maximum absolute atomic E-state index is 14.5. The van der Waals surface area contributed by atoms with E-state index < -0.39 is 5.97 Å². The molecule has 120 valence electrons. The minimum absolute atomic E-state index is 0.210. The zero-order valence-electron chi connectivity index (χ0n) is 13.3. The molecule has 0 aromatic heterocycles. The van der Waals surface area contributed by atoms with Crippen molar-refractivity contribution < 1.29 is 14.3 Å². The summed E-state index contributed by atoms with van der Waals surface area (Å²) in [6.07, 6.45) is 4.69. The Balaban J connectivity index is 1.83. The number of carboxylic acid groups (broad SMARTS) is 1. The van der Waals surface area contributed by atoms with Crippen LogP contribution in [0.1, 0.15) is 54.4 Å². The molecule has 1 aliphatic carbocycles. The molecule has 0 bridgehead atoms. The van der Waals surface area contributed by atoms with Crippen LogP contribution in [0.3, 0.4) is 0 Å². The quantitative estimate of drug-likeness (QED) is 0.814. The highest BCUT2D eigenvalue weighted by Gasteiger charge is 2.20. The number of rotatable bonds is 3. The molecular weight excluding hydrogens is 291 g/mol. The monoisotopic (exact) mass is 312 g/mol. The van der Waals surface area contributed by atoms with E-state index >= 15 is 0 Å². The van der Waals surface area contributed by atoms with Gasteiger partial charge in [0.2, 0.25) is 0 Å². The van der Waals surface area contributed by atoms with Crippen molar-refractivity contribution in [2.75, 3.05) is 0 Å². The summed E-state index contributed by atoms with van der Waals surface area (Å²) in [5.41, 5.74) is 2.52. The van der Waals surface area contributed by atoms with E-state index in [4.69, 9.17) is 5.11 Å². The van der Waals surface area contributed by atoms with E-state index in [1.54, 1.807) is 18.2 Å². The molecule has 1 saturated carbocycles. The third-order valence-electron chi connectivity index (χ3n) is 4.92. The first kappa shape index (κ1) is 15.7. The molecule has 0 spiro atoms. The van der Waals surface area contributed by atoms with Gasteiger partial charge in [-0.2, -0.15) is 0 Å². The molecular formula is C20H21FO2. The van der Waals surface area contributed by atoms with Crippen molar-refractivity contribution in [1.82, 2.24) is 0 Å². The molecule has 0 atom stereocenters. The van der Waals surface area contributed by atoms with Crippen molar-refractivity contribution >= 4 is 5.97 Å². The zero-order chi connectivity index (χ0) is 16.4. The number of halogens is 1. The Hall–Kier alpha value is -2.16. The van der Waals surface area contributed by atoms with E-state index in [0.29, 0.717) is 17.0 Å². The Kier molecular flexibility index (Phi) is 4.46. The van der Waals surface area contributed by atoms with E-state index in [1.807, 2.05) is 12.1 Å². The van der Waals surface area contributed by atoms with Crippen molar-refractivity contribution in [2.24, 2.45) is 5.92 Å². The van der Waals surface area contributed by atoms with Crippen LogP contribution in [0, 0.1) is 11.7 Å². The minimum atomic E-state index is -0.973. The van der Waals surface area contributed by atoms with Gasteiger partial charge in [0.1, 0.15) is 5.82 Å². The van der Waals surface area contributed by atoms with Gasteiger partial charge < -0.3 is 5.11 Å². The molecule has 23 heavy (non-hydrogen) atoms. The minimum Gasteiger partial charge on any atom is -0.478 e. The standard InChI is InChI=1S/C20H21FO2/c1-13-2-4-14(5-3-13)17-10-11-18(19(21)12-17)15-6-8-16(9-7-15)20(22)23/h6-14H,2-5H2,1H3,(H,22,23). The lowest BCUT2D eigenvalue weighted by molar-refractivity contribution is 0.0697. The number of aromatic carboxylic acids is 1. The lowest BCUT2D eigenvalue weighted by Gasteiger charge is -2.26. The molecule has 0 amide bonds. The van der Waals surface area contributed by atoms with Crippen LogP contribution < -0.4 is 0 Å². The van der Waals surface area contributed by atoms with Crippen LogP contribution in [0.25, 0.3) is 11.1 Å². The molecule has 1 fully saturated rings. The highest BCUT2D eigenvalue weighted by Crippen LogP contribution is 2.36. The maximum Gasteiger partial charge on any atom is 0.335 e. The van der Waals surface area contributed by atoms with Gasteiger partial charge in [-0.05, 0) is 54.0 Å². The van der Waals surface area contributed by atoms with Gasteiger partial charge >= 0.3 is 5.97 Å². The molecule has 0 unspecified atom stereocenters. The van der Waals surface area contributed by atoms with Crippen LogP contribution >= 0.6 is 0 Å². The zero-order valence-corrected chi connectivity index (χ0v) is 13.3. The Bertz CT molecular complexity index is 698. The van der Waals surface area contributed by atoms with E-state index in [1.165, 1.54) is 25.0 Å². The Morgan fingerprint density at radius 3 is 2.26 bits per heavy atom. The molecule has 1 N–H and O–H groups in total. The second kappa shape index (κ2) is 6.53. The van der Waals surface area contributed by atoms with Gasteiger partial charge in [-0.3, -0.25) is 0 Å². The van der Waals surface area contributed by atoms with Crippen molar-refractivity contribution in [2.45, 2.75) is 38.5 Å². The van der Waals surface area contributed by atoms with Crippen molar-refractivity contribution in [1.29, 1.82) is 0 Å². The summed E-state index contributed by atoms with van der Waals surface area (Å²) in [5.74, 6) is 0.0374. The predicted octanol–water partition coefficient (Wildman–Crippen LogP) is 5.48. The summed E-state index contributed by atoms with van der Waals surface area (Å²) < 4.78 is 14.5. The van der Waals surface area contributed by atoms with Crippen molar-refractivity contribution in [3.8, 4) is 11.1 Å².